The van der Waals surface area contributed by atoms with Crippen molar-refractivity contribution in [2.75, 3.05) is 13.6 Å². The normalized spacial score (nSPS) is 23.1. The van der Waals surface area contributed by atoms with Crippen LogP contribution in [-0.2, 0) is 0 Å². The predicted octanol–water partition coefficient (Wildman–Crippen LogP) is 3.04. The van der Waals surface area contributed by atoms with E-state index >= 15 is 0 Å². The van der Waals surface area contributed by atoms with E-state index in [0.29, 0.717) is 12.5 Å². The van der Waals surface area contributed by atoms with Crippen molar-refractivity contribution in [3.63, 3.8) is 0 Å². The first-order valence-electron chi connectivity index (χ1n) is 6.87. The second-order valence-corrected chi connectivity index (χ2v) is 6.10. The van der Waals surface area contributed by atoms with E-state index in [0.717, 1.165) is 22.9 Å². The number of rotatable bonds is 3. The Labute approximate surface area is 123 Å². The summed E-state index contributed by atoms with van der Waals surface area (Å²) in [6, 6.07) is 7.86. The van der Waals surface area contributed by atoms with E-state index in [2.05, 4.69) is 15.9 Å². The number of nitrogens with two attached hydrogens (primary N) is 1. The van der Waals surface area contributed by atoms with E-state index < -0.39 is 0 Å². The number of carbonyl (C=O) groups excluding carboxylic acids is 1. The fourth-order valence-electron chi connectivity index (χ4n) is 2.95. The number of halogens is 1. The SMILES string of the molecule is CN(C(=O)c1ccccc1Br)C1CCCCC1CN. The molecule has 4 heteroatoms. The molecule has 0 radical (unpaired) electrons. The lowest BCUT2D eigenvalue weighted by atomic mass is 9.83. The van der Waals surface area contributed by atoms with Gasteiger partial charge in [-0.2, -0.15) is 0 Å². The van der Waals surface area contributed by atoms with Gasteiger partial charge in [0, 0.05) is 17.6 Å². The molecule has 104 valence electrons. The molecule has 1 fully saturated rings. The molecular formula is C15H21BrN2O. The van der Waals surface area contributed by atoms with Crippen molar-refractivity contribution >= 4 is 21.8 Å². The van der Waals surface area contributed by atoms with E-state index in [-0.39, 0.29) is 11.9 Å². The molecule has 3 nitrogen and oxygen atoms in total. The zero-order valence-corrected chi connectivity index (χ0v) is 12.9. The Hall–Kier alpha value is -0.870. The molecule has 1 aliphatic rings. The standard InChI is InChI=1S/C15H21BrN2O/c1-18(14-9-5-2-6-11(14)10-17)15(19)12-7-3-4-8-13(12)16/h3-4,7-8,11,14H,2,5-6,9-10,17H2,1H3. The van der Waals surface area contributed by atoms with Gasteiger partial charge in [-0.1, -0.05) is 25.0 Å². The zero-order chi connectivity index (χ0) is 13.8. The van der Waals surface area contributed by atoms with Crippen molar-refractivity contribution in [2.24, 2.45) is 11.7 Å². The van der Waals surface area contributed by atoms with E-state index in [1.165, 1.54) is 12.8 Å². The molecule has 0 aromatic heterocycles. The highest BCUT2D eigenvalue weighted by molar-refractivity contribution is 9.10. The summed E-state index contributed by atoms with van der Waals surface area (Å²) in [5.74, 6) is 0.517. The molecule has 1 saturated carbocycles. The summed E-state index contributed by atoms with van der Waals surface area (Å²) in [5.41, 5.74) is 6.58. The van der Waals surface area contributed by atoms with Crippen LogP contribution in [0.1, 0.15) is 36.0 Å². The average Bonchev–Trinajstić information content (AvgIpc) is 2.46. The van der Waals surface area contributed by atoms with E-state index in [4.69, 9.17) is 5.73 Å². The van der Waals surface area contributed by atoms with Crippen molar-refractivity contribution in [3.05, 3.63) is 34.3 Å². The molecule has 1 aliphatic carbocycles. The number of hydrogen-bond acceptors (Lipinski definition) is 2. The van der Waals surface area contributed by atoms with Gasteiger partial charge in [0.1, 0.15) is 0 Å². The quantitative estimate of drug-likeness (QED) is 0.928. The van der Waals surface area contributed by atoms with Gasteiger partial charge in [-0.25, -0.2) is 0 Å². The molecule has 19 heavy (non-hydrogen) atoms. The first kappa shape index (κ1) is 14.5. The van der Waals surface area contributed by atoms with E-state index in [1.54, 1.807) is 0 Å². The lowest BCUT2D eigenvalue weighted by Crippen LogP contribution is -2.46. The minimum absolute atomic E-state index is 0.0813. The van der Waals surface area contributed by atoms with Crippen molar-refractivity contribution in [1.29, 1.82) is 0 Å². The van der Waals surface area contributed by atoms with Gasteiger partial charge in [-0.05, 0) is 53.4 Å². The maximum Gasteiger partial charge on any atom is 0.254 e. The Morgan fingerprint density at radius 2 is 2.05 bits per heavy atom. The first-order chi connectivity index (χ1) is 9.15. The topological polar surface area (TPSA) is 46.3 Å². The van der Waals surface area contributed by atoms with Crippen LogP contribution in [0.25, 0.3) is 0 Å². The molecule has 0 spiro atoms. The van der Waals surface area contributed by atoms with Crippen LogP contribution in [0.2, 0.25) is 0 Å². The monoisotopic (exact) mass is 324 g/mol. The molecule has 1 aromatic rings. The smallest absolute Gasteiger partial charge is 0.254 e. The maximum atomic E-state index is 12.6. The second kappa shape index (κ2) is 6.53. The molecule has 1 aromatic carbocycles. The largest absolute Gasteiger partial charge is 0.338 e. The number of amides is 1. The minimum Gasteiger partial charge on any atom is -0.338 e. The van der Waals surface area contributed by atoms with Crippen molar-refractivity contribution in [1.82, 2.24) is 4.90 Å². The highest BCUT2D eigenvalue weighted by atomic mass is 79.9. The van der Waals surface area contributed by atoms with Gasteiger partial charge in [0.05, 0.1) is 5.56 Å². The summed E-state index contributed by atoms with van der Waals surface area (Å²) in [7, 11) is 1.90. The van der Waals surface area contributed by atoms with Gasteiger partial charge in [0.2, 0.25) is 0 Å². The lowest BCUT2D eigenvalue weighted by molar-refractivity contribution is 0.0619. The van der Waals surface area contributed by atoms with Crippen LogP contribution in [0.15, 0.2) is 28.7 Å². The van der Waals surface area contributed by atoms with Crippen LogP contribution >= 0.6 is 15.9 Å². The van der Waals surface area contributed by atoms with Crippen LogP contribution in [0.3, 0.4) is 0 Å². The zero-order valence-electron chi connectivity index (χ0n) is 11.3. The predicted molar refractivity (Wildman–Crippen MR) is 81.0 cm³/mol. The lowest BCUT2D eigenvalue weighted by Gasteiger charge is -2.37. The van der Waals surface area contributed by atoms with E-state index in [1.807, 2.05) is 36.2 Å². The van der Waals surface area contributed by atoms with Crippen molar-refractivity contribution in [3.8, 4) is 0 Å². The fourth-order valence-corrected chi connectivity index (χ4v) is 3.40. The van der Waals surface area contributed by atoms with Crippen LogP contribution in [0, 0.1) is 5.92 Å². The number of carbonyl (C=O) groups is 1. The minimum atomic E-state index is 0.0813. The van der Waals surface area contributed by atoms with Crippen LogP contribution in [0.5, 0.6) is 0 Å². The Balaban J connectivity index is 2.16. The molecule has 2 N–H and O–H groups in total. The Bertz CT molecular complexity index is 450. The Morgan fingerprint density at radius 1 is 1.37 bits per heavy atom. The van der Waals surface area contributed by atoms with Gasteiger partial charge >= 0.3 is 0 Å². The third kappa shape index (κ3) is 3.18. The number of nitrogens with zero attached hydrogens (tertiary/aromatic N) is 1. The van der Waals surface area contributed by atoms with Gasteiger partial charge in [0.25, 0.3) is 5.91 Å². The molecule has 2 rings (SSSR count). The summed E-state index contributed by atoms with van der Waals surface area (Å²) >= 11 is 3.45. The van der Waals surface area contributed by atoms with Gasteiger partial charge in [-0.3, -0.25) is 4.79 Å². The van der Waals surface area contributed by atoms with Crippen LogP contribution in [-0.4, -0.2) is 30.4 Å². The molecule has 2 unspecified atom stereocenters. The third-order valence-corrected chi connectivity index (χ3v) is 4.79. The molecule has 0 saturated heterocycles. The molecule has 2 atom stereocenters. The fraction of sp³-hybridized carbons (Fsp3) is 0.533. The van der Waals surface area contributed by atoms with E-state index in [9.17, 15) is 4.79 Å². The van der Waals surface area contributed by atoms with Gasteiger partial charge in [0.15, 0.2) is 0 Å². The molecule has 0 heterocycles. The highest BCUT2D eigenvalue weighted by Crippen LogP contribution is 2.29. The molecule has 0 aliphatic heterocycles. The second-order valence-electron chi connectivity index (χ2n) is 5.24. The average molecular weight is 325 g/mol. The summed E-state index contributed by atoms with van der Waals surface area (Å²) in [6.07, 6.45) is 4.62. The maximum absolute atomic E-state index is 12.6. The summed E-state index contributed by atoms with van der Waals surface area (Å²) < 4.78 is 0.854. The van der Waals surface area contributed by atoms with Gasteiger partial charge < -0.3 is 10.6 Å². The summed E-state index contributed by atoms with van der Waals surface area (Å²) in [5, 5.41) is 0. The van der Waals surface area contributed by atoms with Crippen LogP contribution in [0.4, 0.5) is 0 Å². The number of hydrogen-bond donors (Lipinski definition) is 1. The molecule has 1 amide bonds. The number of benzene rings is 1. The Kier molecular flexibility index (Phi) is 4.99. The highest BCUT2D eigenvalue weighted by Gasteiger charge is 2.30. The van der Waals surface area contributed by atoms with Crippen LogP contribution < -0.4 is 5.73 Å². The molecular weight excluding hydrogens is 304 g/mol. The summed E-state index contributed by atoms with van der Waals surface area (Å²) in [6.45, 7) is 0.665. The third-order valence-electron chi connectivity index (χ3n) is 4.09. The van der Waals surface area contributed by atoms with Crippen molar-refractivity contribution < 1.29 is 4.79 Å². The van der Waals surface area contributed by atoms with Gasteiger partial charge in [-0.15, -0.1) is 0 Å². The Morgan fingerprint density at radius 3 is 2.74 bits per heavy atom. The van der Waals surface area contributed by atoms with Crippen molar-refractivity contribution in [2.45, 2.75) is 31.7 Å². The molecule has 0 bridgehead atoms. The summed E-state index contributed by atoms with van der Waals surface area (Å²) in [4.78, 5) is 14.5. The first-order valence-corrected chi connectivity index (χ1v) is 7.66.